The van der Waals surface area contributed by atoms with E-state index in [0.717, 1.165) is 6.42 Å². The van der Waals surface area contributed by atoms with Gasteiger partial charge in [-0.2, -0.15) is 0 Å². The number of esters is 1. The number of Topliss-reactive ketones (excluding diaryl/α,β-unsaturated/α-hetero) is 1. The molecule has 0 N–H and O–H groups in total. The van der Waals surface area contributed by atoms with E-state index in [1.165, 1.54) is 7.11 Å². The van der Waals surface area contributed by atoms with E-state index in [4.69, 9.17) is 4.74 Å². The Bertz CT molecular complexity index is 306. The maximum atomic E-state index is 11.7. The predicted molar refractivity (Wildman–Crippen MR) is 50.6 cm³/mol. The van der Waals surface area contributed by atoms with Crippen LogP contribution in [-0.4, -0.2) is 18.9 Å². The number of rotatable bonds is 1. The highest BCUT2D eigenvalue weighted by molar-refractivity contribution is 5.86. The first-order valence-electron chi connectivity index (χ1n) is 4.96. The van der Waals surface area contributed by atoms with Gasteiger partial charge in [-0.15, -0.1) is 0 Å². The maximum Gasteiger partial charge on any atom is 0.312 e. The lowest BCUT2D eigenvalue weighted by Gasteiger charge is -2.35. The van der Waals surface area contributed by atoms with Gasteiger partial charge in [0, 0.05) is 18.8 Å². The van der Waals surface area contributed by atoms with Crippen LogP contribution in [0.2, 0.25) is 0 Å². The van der Waals surface area contributed by atoms with Crippen LogP contribution >= 0.6 is 0 Å². The molecule has 2 aliphatic rings. The van der Waals surface area contributed by atoms with Gasteiger partial charge in [0.05, 0.1) is 12.5 Å². The molecule has 2 rings (SSSR count). The molecule has 1 saturated carbocycles. The molecule has 2 atom stereocenters. The van der Waals surface area contributed by atoms with Crippen LogP contribution in [0.25, 0.3) is 0 Å². The fraction of sp³-hybridized carbons (Fsp3) is 0.636. The number of ketones is 1. The van der Waals surface area contributed by atoms with Gasteiger partial charge in [-0.3, -0.25) is 9.59 Å². The molecule has 0 amide bonds. The first kappa shape index (κ1) is 9.44. The van der Waals surface area contributed by atoms with Gasteiger partial charge >= 0.3 is 5.97 Å². The number of hydrogen-bond donors (Lipinski definition) is 0. The number of ether oxygens (including phenoxy) is 1. The zero-order valence-corrected chi connectivity index (χ0v) is 8.29. The smallest absolute Gasteiger partial charge is 0.312 e. The van der Waals surface area contributed by atoms with Gasteiger partial charge in [0.1, 0.15) is 5.78 Å². The zero-order chi connectivity index (χ0) is 10.2. The van der Waals surface area contributed by atoms with Crippen molar-refractivity contribution in [2.45, 2.75) is 25.7 Å². The van der Waals surface area contributed by atoms with Crippen LogP contribution in [0.5, 0.6) is 0 Å². The summed E-state index contributed by atoms with van der Waals surface area (Å²) in [6.45, 7) is 0. The topological polar surface area (TPSA) is 43.4 Å². The molecule has 0 aliphatic heterocycles. The zero-order valence-electron chi connectivity index (χ0n) is 8.29. The molecule has 0 bridgehead atoms. The predicted octanol–water partition coefficient (Wildman–Crippen LogP) is 1.47. The molecule has 76 valence electrons. The summed E-state index contributed by atoms with van der Waals surface area (Å²) in [7, 11) is 1.42. The van der Waals surface area contributed by atoms with Gasteiger partial charge in [0.15, 0.2) is 0 Å². The first-order valence-corrected chi connectivity index (χ1v) is 4.96. The van der Waals surface area contributed by atoms with Crippen molar-refractivity contribution in [3.05, 3.63) is 12.2 Å². The van der Waals surface area contributed by atoms with Gasteiger partial charge in [0.2, 0.25) is 0 Å². The highest BCUT2D eigenvalue weighted by Crippen LogP contribution is 2.48. The molecule has 0 heterocycles. The van der Waals surface area contributed by atoms with E-state index in [2.05, 4.69) is 0 Å². The molecular weight excluding hydrogens is 180 g/mol. The van der Waals surface area contributed by atoms with E-state index in [-0.39, 0.29) is 17.7 Å². The Morgan fingerprint density at radius 1 is 1.64 bits per heavy atom. The molecule has 2 aliphatic carbocycles. The van der Waals surface area contributed by atoms with Crippen molar-refractivity contribution in [3.8, 4) is 0 Å². The maximum absolute atomic E-state index is 11.7. The van der Waals surface area contributed by atoms with E-state index < -0.39 is 5.41 Å². The Labute approximate surface area is 83.1 Å². The summed E-state index contributed by atoms with van der Waals surface area (Å²) in [5.74, 6) is 0.192. The molecular formula is C11H14O3. The Morgan fingerprint density at radius 2 is 2.43 bits per heavy atom. The van der Waals surface area contributed by atoms with Crippen molar-refractivity contribution in [2.75, 3.05) is 7.11 Å². The van der Waals surface area contributed by atoms with Crippen LogP contribution in [0, 0.1) is 11.3 Å². The summed E-state index contributed by atoms with van der Waals surface area (Å²) in [6.07, 6.45) is 6.40. The lowest BCUT2D eigenvalue weighted by Crippen LogP contribution is -2.40. The highest BCUT2D eigenvalue weighted by Gasteiger charge is 2.50. The largest absolute Gasteiger partial charge is 0.469 e. The minimum Gasteiger partial charge on any atom is -0.469 e. The first-order chi connectivity index (χ1) is 6.69. The molecule has 0 saturated heterocycles. The Morgan fingerprint density at radius 3 is 3.14 bits per heavy atom. The summed E-state index contributed by atoms with van der Waals surface area (Å²) in [5.41, 5.74) is -0.414. The van der Waals surface area contributed by atoms with Crippen molar-refractivity contribution in [3.63, 3.8) is 0 Å². The highest BCUT2D eigenvalue weighted by atomic mass is 16.5. The quantitative estimate of drug-likeness (QED) is 0.469. The van der Waals surface area contributed by atoms with Crippen LogP contribution in [0.4, 0.5) is 0 Å². The van der Waals surface area contributed by atoms with E-state index >= 15 is 0 Å². The van der Waals surface area contributed by atoms with Gasteiger partial charge in [0.25, 0.3) is 0 Å². The molecule has 14 heavy (non-hydrogen) atoms. The Balaban J connectivity index is 2.25. The molecule has 1 fully saturated rings. The van der Waals surface area contributed by atoms with E-state index in [9.17, 15) is 9.59 Å². The summed E-state index contributed by atoms with van der Waals surface area (Å²) >= 11 is 0. The summed E-state index contributed by atoms with van der Waals surface area (Å²) in [6, 6.07) is 0. The van der Waals surface area contributed by atoms with Gasteiger partial charge in [-0.25, -0.2) is 0 Å². The SMILES string of the molecule is COC(=O)[C@@]12CC=C[C@@H]1CC(=O)CC2. The van der Waals surface area contributed by atoms with Crippen molar-refractivity contribution >= 4 is 11.8 Å². The lowest BCUT2D eigenvalue weighted by molar-refractivity contribution is -0.157. The third-order valence-electron chi connectivity index (χ3n) is 3.45. The van der Waals surface area contributed by atoms with Crippen molar-refractivity contribution in [2.24, 2.45) is 11.3 Å². The average Bonchev–Trinajstić information content (AvgIpc) is 2.60. The normalized spacial score (nSPS) is 35.5. The summed E-state index contributed by atoms with van der Waals surface area (Å²) in [4.78, 5) is 23.0. The van der Waals surface area contributed by atoms with Crippen LogP contribution < -0.4 is 0 Å². The third kappa shape index (κ3) is 1.19. The van der Waals surface area contributed by atoms with E-state index in [0.29, 0.717) is 19.3 Å². The molecule has 0 aromatic rings. The molecule has 3 nitrogen and oxygen atoms in total. The average molecular weight is 194 g/mol. The van der Waals surface area contributed by atoms with Gasteiger partial charge < -0.3 is 4.74 Å². The second-order valence-electron chi connectivity index (χ2n) is 4.13. The van der Waals surface area contributed by atoms with Crippen molar-refractivity contribution in [1.29, 1.82) is 0 Å². The molecule has 0 radical (unpaired) electrons. The summed E-state index contributed by atoms with van der Waals surface area (Å²) < 4.78 is 4.84. The minimum atomic E-state index is -0.414. The molecule has 0 spiro atoms. The monoisotopic (exact) mass is 194 g/mol. The number of carbonyl (C=O) groups excluding carboxylic acids is 2. The van der Waals surface area contributed by atoms with Crippen LogP contribution in [-0.2, 0) is 14.3 Å². The second-order valence-corrected chi connectivity index (χ2v) is 4.13. The molecule has 3 heteroatoms. The summed E-state index contributed by atoms with van der Waals surface area (Å²) in [5, 5.41) is 0. The van der Waals surface area contributed by atoms with Crippen LogP contribution in [0.1, 0.15) is 25.7 Å². The van der Waals surface area contributed by atoms with E-state index in [1.54, 1.807) is 0 Å². The number of carbonyl (C=O) groups is 2. The van der Waals surface area contributed by atoms with Crippen molar-refractivity contribution < 1.29 is 14.3 Å². The molecule has 0 unspecified atom stereocenters. The third-order valence-corrected chi connectivity index (χ3v) is 3.45. The fourth-order valence-corrected chi connectivity index (χ4v) is 2.58. The number of allylic oxidation sites excluding steroid dienone is 2. The van der Waals surface area contributed by atoms with E-state index in [1.807, 2.05) is 12.2 Å². The second kappa shape index (κ2) is 3.23. The van der Waals surface area contributed by atoms with Crippen LogP contribution in [0.3, 0.4) is 0 Å². The molecule has 0 aromatic carbocycles. The fourth-order valence-electron chi connectivity index (χ4n) is 2.58. The lowest BCUT2D eigenvalue weighted by atomic mass is 9.67. The number of fused-ring (bicyclic) bond motifs is 1. The van der Waals surface area contributed by atoms with Crippen molar-refractivity contribution in [1.82, 2.24) is 0 Å². The Hall–Kier alpha value is -1.12. The number of methoxy groups -OCH3 is 1. The molecule has 0 aromatic heterocycles. The number of hydrogen-bond acceptors (Lipinski definition) is 3. The van der Waals surface area contributed by atoms with Crippen LogP contribution in [0.15, 0.2) is 12.2 Å². The minimum absolute atomic E-state index is 0.0798. The van der Waals surface area contributed by atoms with Gasteiger partial charge in [-0.1, -0.05) is 12.2 Å². The Kier molecular flexibility index (Phi) is 2.17. The van der Waals surface area contributed by atoms with Gasteiger partial charge in [-0.05, 0) is 12.8 Å². The standard InChI is InChI=1S/C11H14O3/c1-14-10(13)11-5-2-3-8(11)7-9(12)4-6-11/h2-3,8H,4-7H2,1H3/t8-,11-/m1/s1.